The van der Waals surface area contributed by atoms with E-state index < -0.39 is 5.91 Å². The van der Waals surface area contributed by atoms with Gasteiger partial charge in [0.25, 0.3) is 5.91 Å². The number of nitrogens with zero attached hydrogens (tertiary/aromatic N) is 2. The number of carbonyl (C=O) groups excluding carboxylic acids is 1. The van der Waals surface area contributed by atoms with Gasteiger partial charge < -0.3 is 0 Å². The number of halogens is 4. The molecule has 0 aliphatic heterocycles. The van der Waals surface area contributed by atoms with Crippen LogP contribution in [0.25, 0.3) is 11.3 Å². The Balaban J connectivity index is 1.73. The van der Waals surface area contributed by atoms with Gasteiger partial charge in [-0.25, -0.2) is 5.43 Å². The lowest BCUT2D eigenvalue weighted by molar-refractivity contribution is 0.0950. The first kappa shape index (κ1) is 18.7. The molecule has 132 valence electrons. The van der Waals surface area contributed by atoms with Gasteiger partial charge in [0.05, 0.1) is 27.0 Å². The molecule has 0 radical (unpaired) electrons. The van der Waals surface area contributed by atoms with Crippen LogP contribution in [0, 0.1) is 0 Å². The van der Waals surface area contributed by atoms with Gasteiger partial charge in [0.1, 0.15) is 5.69 Å². The van der Waals surface area contributed by atoms with Crippen molar-refractivity contribution in [2.45, 2.75) is 0 Å². The molecule has 0 bridgehead atoms. The first-order chi connectivity index (χ1) is 12.5. The van der Waals surface area contributed by atoms with Crippen LogP contribution in [0.4, 0.5) is 0 Å². The quantitative estimate of drug-likeness (QED) is 0.429. The van der Waals surface area contributed by atoms with Crippen LogP contribution in [0.1, 0.15) is 16.1 Å². The molecule has 0 saturated heterocycles. The molecule has 1 heterocycles. The molecule has 0 spiro atoms. The highest BCUT2D eigenvalue weighted by molar-refractivity contribution is 6.38. The second kappa shape index (κ2) is 8.10. The largest absolute Gasteiger partial charge is 0.289 e. The average molecular weight is 428 g/mol. The number of H-pyrrole nitrogens is 1. The normalized spacial score (nSPS) is 11.1. The lowest BCUT2D eigenvalue weighted by Gasteiger charge is -2.01. The zero-order chi connectivity index (χ0) is 18.7. The standard InChI is InChI=1S/C17H10Cl4N4O/c18-9-4-5-10(14(21)6-9)15-7-16(24-23-15)17(26)25-22-8-11-12(19)2-1-3-13(11)20/h1-8H,(H,23,24)(H,25,26). The van der Waals surface area contributed by atoms with E-state index in [2.05, 4.69) is 20.7 Å². The van der Waals surface area contributed by atoms with E-state index in [1.807, 2.05) is 0 Å². The number of aromatic amines is 1. The van der Waals surface area contributed by atoms with Crippen LogP contribution in [-0.2, 0) is 0 Å². The van der Waals surface area contributed by atoms with Gasteiger partial charge in [-0.3, -0.25) is 9.89 Å². The summed E-state index contributed by atoms with van der Waals surface area (Å²) in [5, 5.41) is 12.4. The van der Waals surface area contributed by atoms with Crippen molar-refractivity contribution in [2.24, 2.45) is 5.10 Å². The van der Waals surface area contributed by atoms with Crippen molar-refractivity contribution < 1.29 is 4.79 Å². The highest BCUT2D eigenvalue weighted by Crippen LogP contribution is 2.29. The third-order valence-electron chi connectivity index (χ3n) is 3.39. The number of benzene rings is 2. The first-order valence-corrected chi connectivity index (χ1v) is 8.75. The minimum atomic E-state index is -0.478. The smallest absolute Gasteiger partial charge is 0.272 e. The Labute approximate surface area is 168 Å². The molecule has 0 unspecified atom stereocenters. The summed E-state index contributed by atoms with van der Waals surface area (Å²) in [5.41, 5.74) is 4.26. The Bertz CT molecular complexity index is 980. The molecule has 0 atom stereocenters. The third kappa shape index (κ3) is 4.19. The van der Waals surface area contributed by atoms with Crippen LogP contribution < -0.4 is 5.43 Å². The van der Waals surface area contributed by atoms with E-state index in [9.17, 15) is 4.79 Å². The SMILES string of the molecule is O=C(NN=Cc1c(Cl)cccc1Cl)c1cc(-c2ccc(Cl)cc2Cl)n[nH]1. The van der Waals surface area contributed by atoms with Crippen molar-refractivity contribution in [3.63, 3.8) is 0 Å². The summed E-state index contributed by atoms with van der Waals surface area (Å²) in [6, 6.07) is 11.6. The summed E-state index contributed by atoms with van der Waals surface area (Å²) in [4.78, 5) is 12.2. The summed E-state index contributed by atoms with van der Waals surface area (Å²) in [6.07, 6.45) is 1.37. The van der Waals surface area contributed by atoms with Crippen LogP contribution in [0.2, 0.25) is 20.1 Å². The molecular formula is C17H10Cl4N4O. The number of nitrogens with one attached hydrogen (secondary N) is 2. The first-order valence-electron chi connectivity index (χ1n) is 7.24. The van der Waals surface area contributed by atoms with E-state index >= 15 is 0 Å². The van der Waals surface area contributed by atoms with E-state index in [4.69, 9.17) is 46.4 Å². The number of hydrazone groups is 1. The molecule has 0 fully saturated rings. The van der Waals surface area contributed by atoms with Crippen molar-refractivity contribution in [2.75, 3.05) is 0 Å². The second-order valence-electron chi connectivity index (χ2n) is 5.13. The van der Waals surface area contributed by atoms with Gasteiger partial charge in [-0.15, -0.1) is 0 Å². The Morgan fingerprint density at radius 2 is 1.77 bits per heavy atom. The fourth-order valence-corrected chi connectivity index (χ4v) is 3.12. The Morgan fingerprint density at radius 1 is 1.04 bits per heavy atom. The summed E-state index contributed by atoms with van der Waals surface area (Å²) < 4.78 is 0. The minimum Gasteiger partial charge on any atom is -0.272 e. The van der Waals surface area contributed by atoms with Crippen molar-refractivity contribution >= 4 is 58.5 Å². The van der Waals surface area contributed by atoms with Gasteiger partial charge >= 0.3 is 0 Å². The number of rotatable bonds is 4. The van der Waals surface area contributed by atoms with E-state index in [0.717, 1.165) is 0 Å². The molecule has 0 saturated carbocycles. The van der Waals surface area contributed by atoms with Gasteiger partial charge in [-0.05, 0) is 36.4 Å². The van der Waals surface area contributed by atoms with E-state index in [-0.39, 0.29) is 5.69 Å². The molecule has 1 amide bonds. The van der Waals surface area contributed by atoms with Crippen molar-refractivity contribution in [3.8, 4) is 11.3 Å². The van der Waals surface area contributed by atoms with E-state index in [1.165, 1.54) is 6.21 Å². The van der Waals surface area contributed by atoms with E-state index in [0.29, 0.717) is 36.9 Å². The van der Waals surface area contributed by atoms with Gasteiger partial charge in [-0.1, -0.05) is 52.5 Å². The number of hydrogen-bond donors (Lipinski definition) is 2. The molecule has 2 aromatic carbocycles. The third-order valence-corrected chi connectivity index (χ3v) is 4.60. The molecular weight excluding hydrogens is 418 g/mol. The summed E-state index contributed by atoms with van der Waals surface area (Å²) in [5.74, 6) is -0.478. The zero-order valence-electron chi connectivity index (χ0n) is 12.9. The summed E-state index contributed by atoms with van der Waals surface area (Å²) in [7, 11) is 0. The van der Waals surface area contributed by atoms with Crippen LogP contribution >= 0.6 is 46.4 Å². The molecule has 5 nitrogen and oxygen atoms in total. The van der Waals surface area contributed by atoms with Crippen LogP contribution in [0.15, 0.2) is 47.6 Å². The van der Waals surface area contributed by atoms with Gasteiger partial charge in [0.15, 0.2) is 0 Å². The molecule has 0 aliphatic carbocycles. The lowest BCUT2D eigenvalue weighted by Crippen LogP contribution is -2.18. The van der Waals surface area contributed by atoms with Crippen LogP contribution in [0.3, 0.4) is 0 Å². The van der Waals surface area contributed by atoms with Crippen molar-refractivity contribution in [1.29, 1.82) is 0 Å². The molecule has 0 aliphatic rings. The maximum Gasteiger partial charge on any atom is 0.289 e. The summed E-state index contributed by atoms with van der Waals surface area (Å²) >= 11 is 24.1. The van der Waals surface area contributed by atoms with Crippen LogP contribution in [0.5, 0.6) is 0 Å². The van der Waals surface area contributed by atoms with Gasteiger partial charge in [0, 0.05) is 16.1 Å². The highest BCUT2D eigenvalue weighted by Gasteiger charge is 2.13. The Hall–Kier alpha value is -2.05. The second-order valence-corrected chi connectivity index (χ2v) is 6.78. The maximum atomic E-state index is 12.2. The molecule has 3 rings (SSSR count). The topological polar surface area (TPSA) is 70.1 Å². The number of aromatic nitrogens is 2. The minimum absolute atomic E-state index is 0.216. The predicted molar refractivity (Wildman–Crippen MR) is 106 cm³/mol. The fourth-order valence-electron chi connectivity index (χ4n) is 2.12. The molecule has 26 heavy (non-hydrogen) atoms. The van der Waals surface area contributed by atoms with Crippen molar-refractivity contribution in [1.82, 2.24) is 15.6 Å². The lowest BCUT2D eigenvalue weighted by atomic mass is 10.1. The molecule has 9 heteroatoms. The molecule has 2 N–H and O–H groups in total. The predicted octanol–water partition coefficient (Wildman–Crippen LogP) is 5.45. The molecule has 3 aromatic rings. The number of carbonyl (C=O) groups is 1. The molecule has 1 aromatic heterocycles. The van der Waals surface area contributed by atoms with Crippen molar-refractivity contribution in [3.05, 3.63) is 73.8 Å². The number of amides is 1. The number of hydrogen-bond acceptors (Lipinski definition) is 3. The maximum absolute atomic E-state index is 12.2. The van der Waals surface area contributed by atoms with Gasteiger partial charge in [0.2, 0.25) is 0 Å². The fraction of sp³-hybridized carbons (Fsp3) is 0. The van der Waals surface area contributed by atoms with Gasteiger partial charge in [-0.2, -0.15) is 10.2 Å². The monoisotopic (exact) mass is 426 g/mol. The Morgan fingerprint density at radius 3 is 2.46 bits per heavy atom. The zero-order valence-corrected chi connectivity index (χ0v) is 16.0. The average Bonchev–Trinajstić information content (AvgIpc) is 3.07. The highest BCUT2D eigenvalue weighted by atomic mass is 35.5. The Kier molecular flexibility index (Phi) is 5.84. The van der Waals surface area contributed by atoms with E-state index in [1.54, 1.807) is 42.5 Å². The summed E-state index contributed by atoms with van der Waals surface area (Å²) in [6.45, 7) is 0. The van der Waals surface area contributed by atoms with Crippen LogP contribution in [-0.4, -0.2) is 22.3 Å².